The number of aliphatic carboxylic acids is 1. The number of hydrogen-bond donors (Lipinski definition) is 3. The lowest BCUT2D eigenvalue weighted by atomic mass is 10.2. The van der Waals surface area contributed by atoms with Crippen LogP contribution in [0.5, 0.6) is 11.5 Å². The Hall–Kier alpha value is -3.88. The second-order valence-electron chi connectivity index (χ2n) is 6.10. The van der Waals surface area contributed by atoms with Crippen LogP contribution in [0.25, 0.3) is 0 Å². The summed E-state index contributed by atoms with van der Waals surface area (Å²) in [5.74, 6) is -0.835. The third-order valence-corrected chi connectivity index (χ3v) is 3.64. The molecule has 0 fully saturated rings. The van der Waals surface area contributed by atoms with E-state index in [0.29, 0.717) is 29.2 Å². The van der Waals surface area contributed by atoms with Crippen LogP contribution < -0.4 is 20.2 Å². The first-order chi connectivity index (χ1) is 14.5. The molecule has 9 heteroatoms. The lowest BCUT2D eigenvalue weighted by Crippen LogP contribution is -2.34. The molecule has 0 aromatic heterocycles. The van der Waals surface area contributed by atoms with Gasteiger partial charge in [-0.15, -0.1) is 0 Å². The smallest absolute Gasteiger partial charge is 0.341 e. The van der Waals surface area contributed by atoms with Crippen LogP contribution in [0.1, 0.15) is 29.3 Å². The summed E-state index contributed by atoms with van der Waals surface area (Å²) in [4.78, 5) is 34.3. The number of carbonyl (C=O) groups excluding carboxylic acids is 2. The number of ether oxygens (including phenoxy) is 2. The summed E-state index contributed by atoms with van der Waals surface area (Å²) in [5, 5.41) is 14.9. The average Bonchev–Trinajstić information content (AvgIpc) is 2.75. The maximum Gasteiger partial charge on any atom is 0.341 e. The zero-order valence-electron chi connectivity index (χ0n) is 16.5. The van der Waals surface area contributed by atoms with Crippen LogP contribution in [0.3, 0.4) is 0 Å². The van der Waals surface area contributed by atoms with E-state index in [0.717, 1.165) is 6.42 Å². The molecule has 2 rings (SSSR count). The van der Waals surface area contributed by atoms with Gasteiger partial charge in [0, 0.05) is 5.56 Å². The van der Waals surface area contributed by atoms with Gasteiger partial charge in [0.1, 0.15) is 11.5 Å². The van der Waals surface area contributed by atoms with E-state index in [1.807, 2.05) is 6.92 Å². The molecule has 0 radical (unpaired) electrons. The first kappa shape index (κ1) is 22.4. The van der Waals surface area contributed by atoms with E-state index in [1.54, 1.807) is 48.5 Å². The number of hydrogen-bond acceptors (Lipinski definition) is 6. The highest BCUT2D eigenvalue weighted by atomic mass is 16.5. The Morgan fingerprint density at radius 1 is 1.00 bits per heavy atom. The van der Waals surface area contributed by atoms with Crippen LogP contribution in [0.4, 0.5) is 0 Å². The molecule has 0 bridgehead atoms. The monoisotopic (exact) mass is 413 g/mol. The van der Waals surface area contributed by atoms with Crippen LogP contribution in [0.2, 0.25) is 0 Å². The standard InChI is InChI=1S/C21H23N3O6/c1-2-11-29-17-9-5-16(6-10-17)21(28)22-13-19(25)24-23-12-15-3-7-18(8-4-15)30-14-20(26)27/h3-10,12H,2,11,13-14H2,1H3,(H,22,28)(H,24,25)(H,26,27)/b23-12-. The Kier molecular flexibility index (Phi) is 8.85. The molecular formula is C21H23N3O6. The van der Waals surface area contributed by atoms with Gasteiger partial charge >= 0.3 is 5.97 Å². The molecule has 0 aliphatic heterocycles. The Labute approximate surface area is 173 Å². The Morgan fingerprint density at radius 3 is 2.27 bits per heavy atom. The van der Waals surface area contributed by atoms with Crippen molar-refractivity contribution in [3.8, 4) is 11.5 Å². The molecule has 0 saturated heterocycles. The van der Waals surface area contributed by atoms with Crippen molar-refractivity contribution in [2.24, 2.45) is 5.10 Å². The van der Waals surface area contributed by atoms with Crippen molar-refractivity contribution in [2.45, 2.75) is 13.3 Å². The first-order valence-electron chi connectivity index (χ1n) is 9.25. The molecule has 0 spiro atoms. The lowest BCUT2D eigenvalue weighted by molar-refractivity contribution is -0.139. The molecule has 2 aromatic carbocycles. The molecule has 0 saturated carbocycles. The molecule has 30 heavy (non-hydrogen) atoms. The van der Waals surface area contributed by atoms with E-state index in [1.165, 1.54) is 6.21 Å². The fraction of sp³-hybridized carbons (Fsp3) is 0.238. The van der Waals surface area contributed by atoms with Gasteiger partial charge in [-0.3, -0.25) is 9.59 Å². The zero-order valence-corrected chi connectivity index (χ0v) is 16.5. The molecule has 0 heterocycles. The highest BCUT2D eigenvalue weighted by Crippen LogP contribution is 2.12. The van der Waals surface area contributed by atoms with Gasteiger partial charge in [0.15, 0.2) is 6.61 Å². The second kappa shape index (κ2) is 11.8. The van der Waals surface area contributed by atoms with Gasteiger partial charge in [-0.2, -0.15) is 5.10 Å². The van der Waals surface area contributed by atoms with Crippen LogP contribution in [-0.2, 0) is 9.59 Å². The lowest BCUT2D eigenvalue weighted by Gasteiger charge is -2.07. The predicted octanol–water partition coefficient (Wildman–Crippen LogP) is 1.82. The van der Waals surface area contributed by atoms with Gasteiger partial charge in [-0.1, -0.05) is 6.92 Å². The summed E-state index contributed by atoms with van der Waals surface area (Å²) >= 11 is 0. The maximum atomic E-state index is 12.1. The minimum absolute atomic E-state index is 0.230. The number of amides is 2. The molecule has 9 nitrogen and oxygen atoms in total. The number of carboxylic acids is 1. The molecule has 2 aromatic rings. The van der Waals surface area contributed by atoms with Gasteiger partial charge in [-0.25, -0.2) is 10.2 Å². The van der Waals surface area contributed by atoms with Crippen LogP contribution in [-0.4, -0.2) is 48.9 Å². The summed E-state index contributed by atoms with van der Waals surface area (Å²) in [6.07, 6.45) is 2.31. The van der Waals surface area contributed by atoms with E-state index < -0.39 is 18.5 Å². The van der Waals surface area contributed by atoms with Crippen molar-refractivity contribution in [1.29, 1.82) is 0 Å². The van der Waals surface area contributed by atoms with Gasteiger partial charge in [0.2, 0.25) is 0 Å². The molecule has 0 aliphatic rings. The second-order valence-corrected chi connectivity index (χ2v) is 6.10. The van der Waals surface area contributed by atoms with Crippen molar-refractivity contribution in [3.63, 3.8) is 0 Å². The number of nitrogens with one attached hydrogen (secondary N) is 2. The average molecular weight is 413 g/mol. The quantitative estimate of drug-likeness (QED) is 0.381. The van der Waals surface area contributed by atoms with Crippen LogP contribution in [0, 0.1) is 0 Å². The topological polar surface area (TPSA) is 126 Å². The number of nitrogens with zero attached hydrogens (tertiary/aromatic N) is 1. The van der Waals surface area contributed by atoms with Gasteiger partial charge in [0.25, 0.3) is 11.8 Å². The van der Waals surface area contributed by atoms with Gasteiger partial charge in [0.05, 0.1) is 19.4 Å². The summed E-state index contributed by atoms with van der Waals surface area (Å²) in [6.45, 7) is 1.96. The minimum Gasteiger partial charge on any atom is -0.494 e. The van der Waals surface area contributed by atoms with E-state index in [2.05, 4.69) is 15.8 Å². The number of carbonyl (C=O) groups is 3. The fourth-order valence-electron chi connectivity index (χ4n) is 2.20. The summed E-state index contributed by atoms with van der Waals surface area (Å²) in [5.41, 5.74) is 3.40. The van der Waals surface area contributed by atoms with Crippen molar-refractivity contribution in [1.82, 2.24) is 10.7 Å². The number of carboxylic acid groups (broad SMARTS) is 1. The van der Waals surface area contributed by atoms with E-state index in [-0.39, 0.29) is 12.5 Å². The first-order valence-corrected chi connectivity index (χ1v) is 9.25. The Morgan fingerprint density at radius 2 is 1.63 bits per heavy atom. The summed E-state index contributed by atoms with van der Waals surface area (Å²) < 4.78 is 10.5. The highest BCUT2D eigenvalue weighted by molar-refractivity contribution is 5.96. The number of hydrazone groups is 1. The van der Waals surface area contributed by atoms with E-state index >= 15 is 0 Å². The normalized spacial score (nSPS) is 10.4. The van der Waals surface area contributed by atoms with E-state index in [4.69, 9.17) is 14.6 Å². The molecule has 158 valence electrons. The third kappa shape index (κ3) is 8.01. The van der Waals surface area contributed by atoms with Crippen molar-refractivity contribution in [3.05, 3.63) is 59.7 Å². The van der Waals surface area contributed by atoms with E-state index in [9.17, 15) is 14.4 Å². The molecule has 0 aliphatic carbocycles. The molecule has 3 N–H and O–H groups in total. The largest absolute Gasteiger partial charge is 0.494 e. The van der Waals surface area contributed by atoms with Crippen LogP contribution in [0.15, 0.2) is 53.6 Å². The molecular weight excluding hydrogens is 390 g/mol. The van der Waals surface area contributed by atoms with Gasteiger partial charge in [-0.05, 0) is 60.5 Å². The Bertz CT molecular complexity index is 879. The minimum atomic E-state index is -1.06. The zero-order chi connectivity index (χ0) is 21.8. The highest BCUT2D eigenvalue weighted by Gasteiger charge is 2.08. The van der Waals surface area contributed by atoms with Crippen molar-refractivity contribution in [2.75, 3.05) is 19.8 Å². The van der Waals surface area contributed by atoms with Gasteiger partial charge < -0.3 is 19.9 Å². The van der Waals surface area contributed by atoms with Crippen LogP contribution >= 0.6 is 0 Å². The predicted molar refractivity (Wildman–Crippen MR) is 110 cm³/mol. The number of rotatable bonds is 11. The molecule has 0 atom stereocenters. The molecule has 0 unspecified atom stereocenters. The Balaban J connectivity index is 1.73. The molecule has 2 amide bonds. The third-order valence-electron chi connectivity index (χ3n) is 3.64. The summed E-state index contributed by atoms with van der Waals surface area (Å²) in [7, 11) is 0. The van der Waals surface area contributed by atoms with Crippen molar-refractivity contribution < 1.29 is 29.0 Å². The maximum absolute atomic E-state index is 12.1. The number of benzene rings is 2. The summed E-state index contributed by atoms with van der Waals surface area (Å²) in [6, 6.07) is 13.1. The fourth-order valence-corrected chi connectivity index (χ4v) is 2.20. The SMILES string of the molecule is CCCOc1ccc(C(=O)NCC(=O)N/N=C\c2ccc(OCC(=O)O)cc2)cc1. The van der Waals surface area contributed by atoms with Crippen molar-refractivity contribution >= 4 is 24.0 Å².